The molecule has 2 N–H and O–H groups in total. The van der Waals surface area contributed by atoms with Crippen molar-refractivity contribution in [2.75, 3.05) is 45.9 Å². The summed E-state index contributed by atoms with van der Waals surface area (Å²) >= 11 is 0. The zero-order chi connectivity index (χ0) is 18.4. The third kappa shape index (κ3) is 4.96. The topological polar surface area (TPSA) is 82.1 Å². The molecule has 2 unspecified atom stereocenters. The average Bonchev–Trinajstić information content (AvgIpc) is 2.68. The zero-order valence-corrected chi connectivity index (χ0v) is 15.7. The molecule has 2 aliphatic heterocycles. The fraction of sp³-hybridized carbons (Fsp3) is 0.895. The lowest BCUT2D eigenvalue weighted by Crippen LogP contribution is -2.57. The highest BCUT2D eigenvalue weighted by atomic mass is 16.5. The molecular weight excluding hydrogens is 334 g/mol. The largest absolute Gasteiger partial charge is 0.396 e. The van der Waals surface area contributed by atoms with Gasteiger partial charge in [-0.3, -0.25) is 14.5 Å². The van der Waals surface area contributed by atoms with Crippen molar-refractivity contribution in [2.45, 2.75) is 57.1 Å². The number of hydrogen-bond donors (Lipinski definition) is 2. The van der Waals surface area contributed by atoms with Crippen LogP contribution >= 0.6 is 0 Å². The van der Waals surface area contributed by atoms with Crippen LogP contribution in [0.3, 0.4) is 0 Å². The summed E-state index contributed by atoms with van der Waals surface area (Å²) in [6.45, 7) is 4.05. The minimum Gasteiger partial charge on any atom is -0.396 e. The van der Waals surface area contributed by atoms with E-state index < -0.39 is 0 Å². The average molecular weight is 367 g/mol. The summed E-state index contributed by atoms with van der Waals surface area (Å²) in [5.41, 5.74) is 0. The van der Waals surface area contributed by atoms with Crippen LogP contribution in [0, 0.1) is 5.92 Å². The van der Waals surface area contributed by atoms with Crippen LogP contribution < -0.4 is 5.32 Å². The van der Waals surface area contributed by atoms with E-state index in [9.17, 15) is 9.59 Å². The summed E-state index contributed by atoms with van der Waals surface area (Å²) in [5.74, 6) is 0.338. The Labute approximate surface area is 156 Å². The number of nitrogens with one attached hydrogen (secondary N) is 1. The minimum atomic E-state index is 0.0335. The molecule has 7 heteroatoms. The van der Waals surface area contributed by atoms with Crippen molar-refractivity contribution in [1.82, 2.24) is 15.1 Å². The highest BCUT2D eigenvalue weighted by molar-refractivity contribution is 5.79. The smallest absolute Gasteiger partial charge is 0.237 e. The van der Waals surface area contributed by atoms with Gasteiger partial charge in [-0.1, -0.05) is 12.8 Å². The minimum absolute atomic E-state index is 0.0335. The molecule has 26 heavy (non-hydrogen) atoms. The molecule has 1 aliphatic carbocycles. The molecular formula is C19H33N3O4. The Bertz CT molecular complexity index is 477. The number of piperidine rings is 1. The number of rotatable bonds is 6. The predicted molar refractivity (Wildman–Crippen MR) is 97.6 cm³/mol. The van der Waals surface area contributed by atoms with Crippen molar-refractivity contribution in [3.63, 3.8) is 0 Å². The first-order valence-electron chi connectivity index (χ1n) is 10.2. The molecule has 0 bridgehead atoms. The van der Waals surface area contributed by atoms with E-state index in [0.717, 1.165) is 38.8 Å². The Morgan fingerprint density at radius 2 is 1.85 bits per heavy atom. The highest BCUT2D eigenvalue weighted by Crippen LogP contribution is 2.28. The van der Waals surface area contributed by atoms with Gasteiger partial charge in [0, 0.05) is 25.6 Å². The van der Waals surface area contributed by atoms with Crippen LogP contribution in [0.25, 0.3) is 0 Å². The molecule has 3 aliphatic rings. The van der Waals surface area contributed by atoms with Crippen molar-refractivity contribution in [2.24, 2.45) is 5.92 Å². The molecule has 2 amide bonds. The molecule has 7 nitrogen and oxygen atoms in total. The maximum Gasteiger partial charge on any atom is 0.237 e. The molecule has 3 rings (SSSR count). The quantitative estimate of drug-likeness (QED) is 0.663. The third-order valence-electron chi connectivity index (χ3n) is 6.00. The maximum atomic E-state index is 12.8. The Morgan fingerprint density at radius 1 is 1.08 bits per heavy atom. The fourth-order valence-electron chi connectivity index (χ4n) is 4.48. The SMILES string of the molecule is O=C(NCCCO)C1CCN(CC(=O)N2CCOC3CCCCC32)CC1. The van der Waals surface area contributed by atoms with Crippen LogP contribution in [0.15, 0.2) is 0 Å². The Balaban J connectivity index is 1.42. The van der Waals surface area contributed by atoms with E-state index >= 15 is 0 Å². The van der Waals surface area contributed by atoms with E-state index in [1.165, 1.54) is 12.8 Å². The molecule has 2 saturated heterocycles. The van der Waals surface area contributed by atoms with Crippen LogP contribution in [0.5, 0.6) is 0 Å². The molecule has 1 saturated carbocycles. The molecule has 0 aromatic carbocycles. The van der Waals surface area contributed by atoms with Crippen molar-refractivity contribution in [3.05, 3.63) is 0 Å². The van der Waals surface area contributed by atoms with Gasteiger partial charge in [-0.15, -0.1) is 0 Å². The summed E-state index contributed by atoms with van der Waals surface area (Å²) in [6.07, 6.45) is 6.96. The number of nitrogens with zero attached hydrogens (tertiary/aromatic N) is 2. The first kappa shape index (κ1) is 19.6. The number of hydrogen-bond acceptors (Lipinski definition) is 5. The van der Waals surface area contributed by atoms with Gasteiger partial charge in [-0.05, 0) is 45.2 Å². The van der Waals surface area contributed by atoms with Crippen LogP contribution in [0.2, 0.25) is 0 Å². The number of morpholine rings is 1. The zero-order valence-electron chi connectivity index (χ0n) is 15.7. The second kappa shape index (κ2) is 9.67. The molecule has 0 radical (unpaired) electrons. The summed E-state index contributed by atoms with van der Waals surface area (Å²) in [4.78, 5) is 29.2. The highest BCUT2D eigenvalue weighted by Gasteiger charge is 2.37. The first-order valence-corrected chi connectivity index (χ1v) is 10.2. The Morgan fingerprint density at radius 3 is 2.62 bits per heavy atom. The van der Waals surface area contributed by atoms with Gasteiger partial charge in [0.15, 0.2) is 0 Å². The third-order valence-corrected chi connectivity index (χ3v) is 6.00. The van der Waals surface area contributed by atoms with Crippen LogP contribution in [-0.4, -0.2) is 84.8 Å². The molecule has 3 fully saturated rings. The van der Waals surface area contributed by atoms with Gasteiger partial charge >= 0.3 is 0 Å². The lowest BCUT2D eigenvalue weighted by Gasteiger charge is -2.44. The molecule has 148 valence electrons. The van der Waals surface area contributed by atoms with Crippen LogP contribution in [0.4, 0.5) is 0 Å². The number of fused-ring (bicyclic) bond motifs is 1. The van der Waals surface area contributed by atoms with E-state index in [-0.39, 0.29) is 36.5 Å². The molecule has 2 atom stereocenters. The van der Waals surface area contributed by atoms with Gasteiger partial charge in [-0.2, -0.15) is 0 Å². The predicted octanol–water partition coefficient (Wildman–Crippen LogP) is 0.367. The maximum absolute atomic E-state index is 12.8. The summed E-state index contributed by atoms with van der Waals surface area (Å²) in [6, 6.07) is 0.264. The van der Waals surface area contributed by atoms with Gasteiger partial charge in [0.25, 0.3) is 0 Å². The van der Waals surface area contributed by atoms with Gasteiger partial charge < -0.3 is 20.1 Å². The number of aliphatic hydroxyl groups is 1. The van der Waals surface area contributed by atoms with Crippen LogP contribution in [0.1, 0.15) is 44.9 Å². The lowest BCUT2D eigenvalue weighted by atomic mass is 9.90. The standard InChI is InChI=1S/C19H33N3O4/c23-12-3-8-20-19(25)15-6-9-21(10-7-15)14-18(24)22-11-13-26-17-5-2-1-4-16(17)22/h15-17,23H,1-14H2,(H,20,25). The van der Waals surface area contributed by atoms with Gasteiger partial charge in [0.2, 0.25) is 11.8 Å². The summed E-state index contributed by atoms with van der Waals surface area (Å²) in [7, 11) is 0. The summed E-state index contributed by atoms with van der Waals surface area (Å²) in [5, 5.41) is 11.7. The van der Waals surface area contributed by atoms with Crippen molar-refractivity contribution in [1.29, 1.82) is 0 Å². The first-order chi connectivity index (χ1) is 12.7. The Hall–Kier alpha value is -1.18. The molecule has 2 heterocycles. The van der Waals surface area contributed by atoms with Crippen molar-refractivity contribution in [3.8, 4) is 0 Å². The number of likely N-dealkylation sites (tertiary alicyclic amines) is 1. The lowest BCUT2D eigenvalue weighted by molar-refractivity contribution is -0.151. The van der Waals surface area contributed by atoms with Crippen LogP contribution in [-0.2, 0) is 14.3 Å². The molecule has 0 spiro atoms. The number of aliphatic hydroxyl groups excluding tert-OH is 1. The molecule has 0 aromatic rings. The monoisotopic (exact) mass is 367 g/mol. The van der Waals surface area contributed by atoms with E-state index in [1.807, 2.05) is 0 Å². The van der Waals surface area contributed by atoms with Gasteiger partial charge in [0.05, 0.1) is 25.3 Å². The fourth-order valence-corrected chi connectivity index (χ4v) is 4.48. The Kier molecular flexibility index (Phi) is 7.28. The van der Waals surface area contributed by atoms with E-state index in [2.05, 4.69) is 15.1 Å². The van der Waals surface area contributed by atoms with Gasteiger partial charge in [0.1, 0.15) is 0 Å². The van der Waals surface area contributed by atoms with E-state index in [0.29, 0.717) is 32.7 Å². The second-order valence-electron chi connectivity index (χ2n) is 7.77. The second-order valence-corrected chi connectivity index (χ2v) is 7.77. The number of carbonyl (C=O) groups excluding carboxylic acids is 2. The van der Waals surface area contributed by atoms with Gasteiger partial charge in [-0.25, -0.2) is 0 Å². The van der Waals surface area contributed by atoms with Crippen molar-refractivity contribution < 1.29 is 19.4 Å². The number of ether oxygens (including phenoxy) is 1. The molecule has 0 aromatic heterocycles. The number of carbonyl (C=O) groups is 2. The number of amides is 2. The summed E-state index contributed by atoms with van der Waals surface area (Å²) < 4.78 is 5.87. The van der Waals surface area contributed by atoms with E-state index in [4.69, 9.17) is 9.84 Å². The van der Waals surface area contributed by atoms with E-state index in [1.54, 1.807) is 0 Å². The van der Waals surface area contributed by atoms with Crippen molar-refractivity contribution >= 4 is 11.8 Å². The normalized spacial score (nSPS) is 27.8.